The van der Waals surface area contributed by atoms with E-state index in [2.05, 4.69) is 17.1 Å². The lowest BCUT2D eigenvalue weighted by Crippen LogP contribution is -1.89. The molecule has 1 aromatic heterocycles. The first-order valence-corrected chi connectivity index (χ1v) is 5.34. The number of ether oxygens (including phenoxy) is 1. The molecule has 0 N–H and O–H groups in total. The van der Waals surface area contributed by atoms with Crippen molar-refractivity contribution in [2.45, 2.75) is 13.3 Å². The van der Waals surface area contributed by atoms with Gasteiger partial charge < -0.3 is 4.74 Å². The van der Waals surface area contributed by atoms with Gasteiger partial charge in [0.1, 0.15) is 5.75 Å². The maximum Gasteiger partial charge on any atom is 0.132 e. The molecular formula is C12H10ClNO. The molecule has 0 aliphatic carbocycles. The van der Waals surface area contributed by atoms with Gasteiger partial charge in [-0.15, -0.1) is 0 Å². The first kappa shape index (κ1) is 8.98. The highest BCUT2D eigenvalue weighted by Crippen LogP contribution is 2.38. The monoisotopic (exact) mass is 219 g/mol. The van der Waals surface area contributed by atoms with Crippen molar-refractivity contribution in [2.75, 3.05) is 6.61 Å². The third-order valence-electron chi connectivity index (χ3n) is 2.86. The average molecular weight is 220 g/mol. The second kappa shape index (κ2) is 3.11. The van der Waals surface area contributed by atoms with E-state index in [1.54, 1.807) is 6.20 Å². The number of hydrogen-bond donors (Lipinski definition) is 0. The van der Waals surface area contributed by atoms with Crippen molar-refractivity contribution in [1.29, 1.82) is 0 Å². The SMILES string of the molecule is Cc1ncc(Cl)c2c3c(ccc12)CCO3. The molecule has 1 aliphatic heterocycles. The van der Waals surface area contributed by atoms with Gasteiger partial charge in [0.2, 0.25) is 0 Å². The van der Waals surface area contributed by atoms with Gasteiger partial charge in [0.05, 0.1) is 11.6 Å². The molecule has 2 nitrogen and oxygen atoms in total. The smallest absolute Gasteiger partial charge is 0.132 e. The molecule has 3 heteroatoms. The molecule has 1 aromatic carbocycles. The summed E-state index contributed by atoms with van der Waals surface area (Å²) < 4.78 is 5.64. The lowest BCUT2D eigenvalue weighted by molar-refractivity contribution is 0.360. The quantitative estimate of drug-likeness (QED) is 0.679. The number of rotatable bonds is 0. The highest BCUT2D eigenvalue weighted by Gasteiger charge is 2.18. The van der Waals surface area contributed by atoms with E-state index in [-0.39, 0.29) is 0 Å². The fourth-order valence-corrected chi connectivity index (χ4v) is 2.31. The molecule has 0 radical (unpaired) electrons. The van der Waals surface area contributed by atoms with Crippen molar-refractivity contribution in [2.24, 2.45) is 0 Å². The molecular weight excluding hydrogens is 210 g/mol. The normalized spacial score (nSPS) is 14.0. The number of benzene rings is 1. The molecule has 3 rings (SSSR count). The van der Waals surface area contributed by atoms with Crippen molar-refractivity contribution in [1.82, 2.24) is 4.98 Å². The van der Waals surface area contributed by atoms with E-state index in [4.69, 9.17) is 16.3 Å². The van der Waals surface area contributed by atoms with E-state index in [1.807, 2.05) is 6.92 Å². The molecule has 0 amide bonds. The summed E-state index contributed by atoms with van der Waals surface area (Å²) in [7, 11) is 0. The van der Waals surface area contributed by atoms with Gasteiger partial charge in [0, 0.05) is 29.1 Å². The summed E-state index contributed by atoms with van der Waals surface area (Å²) in [5, 5.41) is 2.77. The Morgan fingerprint density at radius 3 is 3.13 bits per heavy atom. The van der Waals surface area contributed by atoms with E-state index < -0.39 is 0 Å². The number of fused-ring (bicyclic) bond motifs is 3. The molecule has 15 heavy (non-hydrogen) atoms. The molecule has 2 heterocycles. The lowest BCUT2D eigenvalue weighted by Gasteiger charge is -2.08. The summed E-state index contributed by atoms with van der Waals surface area (Å²) in [6, 6.07) is 4.19. The summed E-state index contributed by atoms with van der Waals surface area (Å²) in [5.74, 6) is 0.947. The molecule has 0 saturated heterocycles. The van der Waals surface area contributed by atoms with Crippen molar-refractivity contribution in [3.8, 4) is 5.75 Å². The number of hydrogen-bond acceptors (Lipinski definition) is 2. The standard InChI is InChI=1S/C12H10ClNO/c1-7-9-3-2-8-4-5-15-12(8)11(9)10(13)6-14-7/h2-3,6H,4-5H2,1H3. The number of aromatic nitrogens is 1. The molecule has 2 aromatic rings. The number of aryl methyl sites for hydroxylation is 1. The summed E-state index contributed by atoms with van der Waals surface area (Å²) in [6.07, 6.45) is 2.67. The molecule has 1 aliphatic rings. The van der Waals surface area contributed by atoms with Crippen LogP contribution in [0.2, 0.25) is 5.02 Å². The maximum absolute atomic E-state index is 6.17. The second-order valence-corrected chi connectivity index (χ2v) is 4.17. The zero-order valence-electron chi connectivity index (χ0n) is 8.38. The van der Waals surface area contributed by atoms with Crippen LogP contribution < -0.4 is 4.74 Å². The van der Waals surface area contributed by atoms with Crippen LogP contribution in [0.5, 0.6) is 5.75 Å². The van der Waals surface area contributed by atoms with Crippen LogP contribution in [0.3, 0.4) is 0 Å². The maximum atomic E-state index is 6.17. The van der Waals surface area contributed by atoms with E-state index in [0.717, 1.165) is 35.2 Å². The lowest BCUT2D eigenvalue weighted by atomic mass is 10.0. The summed E-state index contributed by atoms with van der Waals surface area (Å²) >= 11 is 6.17. The second-order valence-electron chi connectivity index (χ2n) is 3.77. The fourth-order valence-electron chi connectivity index (χ4n) is 2.08. The van der Waals surface area contributed by atoms with Crippen LogP contribution >= 0.6 is 11.6 Å². The Morgan fingerprint density at radius 2 is 2.27 bits per heavy atom. The Hall–Kier alpha value is -1.28. The van der Waals surface area contributed by atoms with Crippen molar-refractivity contribution >= 4 is 22.4 Å². The number of halogens is 1. The Morgan fingerprint density at radius 1 is 1.40 bits per heavy atom. The predicted octanol–water partition coefficient (Wildman–Crippen LogP) is 3.13. The van der Waals surface area contributed by atoms with Crippen LogP contribution in [0.15, 0.2) is 18.3 Å². The summed E-state index contributed by atoms with van der Waals surface area (Å²) in [4.78, 5) is 4.24. The molecule has 0 saturated carbocycles. The van der Waals surface area contributed by atoms with Gasteiger partial charge in [-0.25, -0.2) is 0 Å². The zero-order valence-corrected chi connectivity index (χ0v) is 9.14. The average Bonchev–Trinajstić information content (AvgIpc) is 2.70. The van der Waals surface area contributed by atoms with Crippen molar-refractivity contribution < 1.29 is 4.74 Å². The van der Waals surface area contributed by atoms with Gasteiger partial charge in [-0.3, -0.25) is 4.98 Å². The zero-order chi connectivity index (χ0) is 10.4. The largest absolute Gasteiger partial charge is 0.492 e. The van der Waals surface area contributed by atoms with Crippen molar-refractivity contribution in [3.63, 3.8) is 0 Å². The van der Waals surface area contributed by atoms with Gasteiger partial charge in [-0.1, -0.05) is 23.7 Å². The summed E-state index contributed by atoms with van der Waals surface area (Å²) in [6.45, 7) is 2.74. The minimum Gasteiger partial charge on any atom is -0.492 e. The van der Waals surface area contributed by atoms with Gasteiger partial charge in [-0.2, -0.15) is 0 Å². The number of nitrogens with zero attached hydrogens (tertiary/aromatic N) is 1. The van der Waals surface area contributed by atoms with E-state index in [1.165, 1.54) is 5.56 Å². The molecule has 0 bridgehead atoms. The summed E-state index contributed by atoms with van der Waals surface area (Å²) in [5.41, 5.74) is 2.24. The minimum absolute atomic E-state index is 0.675. The first-order chi connectivity index (χ1) is 7.27. The molecule has 0 spiro atoms. The minimum atomic E-state index is 0.675. The third-order valence-corrected chi connectivity index (χ3v) is 3.14. The van der Waals surface area contributed by atoms with E-state index in [0.29, 0.717) is 5.02 Å². The van der Waals surface area contributed by atoms with Gasteiger partial charge in [0.15, 0.2) is 0 Å². The molecule has 76 valence electrons. The first-order valence-electron chi connectivity index (χ1n) is 4.97. The highest BCUT2D eigenvalue weighted by atomic mass is 35.5. The van der Waals surface area contributed by atoms with Crippen LogP contribution in [0.4, 0.5) is 0 Å². The number of pyridine rings is 1. The van der Waals surface area contributed by atoms with Crippen LogP contribution in [-0.2, 0) is 6.42 Å². The fraction of sp³-hybridized carbons (Fsp3) is 0.250. The third kappa shape index (κ3) is 1.21. The van der Waals surface area contributed by atoms with Crippen LogP contribution in [0.1, 0.15) is 11.3 Å². The van der Waals surface area contributed by atoms with E-state index >= 15 is 0 Å². The Balaban J connectivity index is 2.49. The molecule has 0 atom stereocenters. The molecule has 0 fully saturated rings. The Bertz CT molecular complexity index is 551. The Kier molecular flexibility index (Phi) is 1.86. The molecule has 0 unspecified atom stereocenters. The Labute approximate surface area is 92.8 Å². The van der Waals surface area contributed by atoms with Gasteiger partial charge >= 0.3 is 0 Å². The van der Waals surface area contributed by atoms with Crippen molar-refractivity contribution in [3.05, 3.63) is 34.6 Å². The predicted molar refractivity (Wildman–Crippen MR) is 60.7 cm³/mol. The van der Waals surface area contributed by atoms with Gasteiger partial charge in [-0.05, 0) is 12.5 Å². The topological polar surface area (TPSA) is 22.1 Å². The van der Waals surface area contributed by atoms with Crippen LogP contribution in [-0.4, -0.2) is 11.6 Å². The highest BCUT2D eigenvalue weighted by molar-refractivity contribution is 6.36. The van der Waals surface area contributed by atoms with Crippen LogP contribution in [0, 0.1) is 6.92 Å². The van der Waals surface area contributed by atoms with Crippen LogP contribution in [0.25, 0.3) is 10.8 Å². The van der Waals surface area contributed by atoms with E-state index in [9.17, 15) is 0 Å². The van der Waals surface area contributed by atoms with Gasteiger partial charge in [0.25, 0.3) is 0 Å².